The molecule has 0 bridgehead atoms. The first-order chi connectivity index (χ1) is 13.1. The minimum Gasteiger partial charge on any atom is -0.494 e. The fraction of sp³-hybridized carbons (Fsp3) is 0.429. The Labute approximate surface area is 164 Å². The van der Waals surface area contributed by atoms with Crippen molar-refractivity contribution in [3.05, 3.63) is 46.1 Å². The van der Waals surface area contributed by atoms with Crippen LogP contribution in [0.2, 0.25) is 0 Å². The topological polar surface area (TPSA) is 64.3 Å². The number of fused-ring (bicyclic) bond motifs is 3. The third kappa shape index (κ3) is 3.92. The predicted molar refractivity (Wildman–Crippen MR) is 111 cm³/mol. The molecule has 0 unspecified atom stereocenters. The van der Waals surface area contributed by atoms with E-state index in [2.05, 4.69) is 29.1 Å². The van der Waals surface area contributed by atoms with Crippen LogP contribution < -0.4 is 10.5 Å². The zero-order valence-corrected chi connectivity index (χ0v) is 16.8. The van der Waals surface area contributed by atoms with Crippen molar-refractivity contribution in [2.75, 3.05) is 19.4 Å². The van der Waals surface area contributed by atoms with Crippen molar-refractivity contribution in [3.63, 3.8) is 0 Å². The minimum atomic E-state index is 0.642. The molecule has 2 heterocycles. The van der Waals surface area contributed by atoms with Crippen LogP contribution in [0.4, 0.5) is 5.82 Å². The quantitative estimate of drug-likeness (QED) is 0.693. The number of ether oxygens (including phenoxy) is 1. The largest absolute Gasteiger partial charge is 0.494 e. The highest BCUT2D eigenvalue weighted by molar-refractivity contribution is 7.19. The van der Waals surface area contributed by atoms with E-state index in [1.807, 2.05) is 19.1 Å². The van der Waals surface area contributed by atoms with Crippen molar-refractivity contribution >= 4 is 27.4 Å². The van der Waals surface area contributed by atoms with Gasteiger partial charge in [0.25, 0.3) is 0 Å². The Morgan fingerprint density at radius 1 is 1.11 bits per heavy atom. The van der Waals surface area contributed by atoms with Gasteiger partial charge in [-0.3, -0.25) is 4.90 Å². The summed E-state index contributed by atoms with van der Waals surface area (Å²) in [5.41, 5.74) is 8.96. The Kier molecular flexibility index (Phi) is 5.27. The van der Waals surface area contributed by atoms with Gasteiger partial charge in [-0.1, -0.05) is 12.1 Å². The van der Waals surface area contributed by atoms with Crippen molar-refractivity contribution < 1.29 is 4.74 Å². The third-order valence-electron chi connectivity index (χ3n) is 4.99. The summed E-state index contributed by atoms with van der Waals surface area (Å²) in [6.07, 6.45) is 4.78. The van der Waals surface area contributed by atoms with Crippen LogP contribution in [0.15, 0.2) is 24.3 Å². The van der Waals surface area contributed by atoms with Crippen LogP contribution in [0.25, 0.3) is 10.2 Å². The van der Waals surface area contributed by atoms with Crippen LogP contribution in [0.5, 0.6) is 5.75 Å². The number of nitrogens with two attached hydrogens (primary N) is 1. The number of anilines is 1. The van der Waals surface area contributed by atoms with E-state index >= 15 is 0 Å². The molecule has 1 aromatic carbocycles. The second-order valence-corrected chi connectivity index (χ2v) is 8.25. The molecule has 142 valence electrons. The molecule has 1 aliphatic carbocycles. The van der Waals surface area contributed by atoms with Gasteiger partial charge in [0.1, 0.15) is 22.2 Å². The summed E-state index contributed by atoms with van der Waals surface area (Å²) < 4.78 is 5.50. The molecule has 2 aromatic heterocycles. The van der Waals surface area contributed by atoms with Gasteiger partial charge < -0.3 is 10.5 Å². The average Bonchev–Trinajstić information content (AvgIpc) is 3.02. The fourth-order valence-electron chi connectivity index (χ4n) is 3.77. The van der Waals surface area contributed by atoms with Crippen molar-refractivity contribution in [1.29, 1.82) is 0 Å². The lowest BCUT2D eigenvalue weighted by molar-refractivity contribution is 0.310. The van der Waals surface area contributed by atoms with Crippen molar-refractivity contribution in [3.8, 4) is 5.75 Å². The molecular weight excluding hydrogens is 356 g/mol. The molecule has 5 nitrogen and oxygen atoms in total. The Balaban J connectivity index is 1.49. The third-order valence-corrected chi connectivity index (χ3v) is 6.17. The molecule has 1 aliphatic rings. The molecule has 2 N–H and O–H groups in total. The van der Waals surface area contributed by atoms with E-state index in [0.717, 1.165) is 41.2 Å². The summed E-state index contributed by atoms with van der Waals surface area (Å²) in [5, 5.41) is 1.10. The van der Waals surface area contributed by atoms with E-state index in [0.29, 0.717) is 19.0 Å². The Morgan fingerprint density at radius 2 is 1.89 bits per heavy atom. The van der Waals surface area contributed by atoms with E-state index in [-0.39, 0.29) is 0 Å². The molecule has 0 radical (unpaired) electrons. The van der Waals surface area contributed by atoms with Gasteiger partial charge in [0.05, 0.1) is 18.5 Å². The first-order valence-corrected chi connectivity index (χ1v) is 10.4. The van der Waals surface area contributed by atoms with Gasteiger partial charge in [0.15, 0.2) is 0 Å². The van der Waals surface area contributed by atoms with Gasteiger partial charge in [-0.05, 0) is 62.9 Å². The van der Waals surface area contributed by atoms with Crippen LogP contribution in [-0.4, -0.2) is 28.5 Å². The Hall–Kier alpha value is -2.18. The normalized spacial score (nSPS) is 13.9. The molecule has 6 heteroatoms. The maximum Gasteiger partial charge on any atom is 0.146 e. The van der Waals surface area contributed by atoms with E-state index in [1.54, 1.807) is 11.3 Å². The van der Waals surface area contributed by atoms with E-state index in [1.165, 1.54) is 28.8 Å². The lowest BCUT2D eigenvalue weighted by Crippen LogP contribution is -2.19. The van der Waals surface area contributed by atoms with E-state index in [4.69, 9.17) is 15.5 Å². The molecule has 0 atom stereocenters. The highest BCUT2D eigenvalue weighted by atomic mass is 32.1. The Bertz CT molecular complexity index is 935. The molecule has 0 amide bonds. The Morgan fingerprint density at radius 3 is 2.67 bits per heavy atom. The van der Waals surface area contributed by atoms with Gasteiger partial charge in [-0.2, -0.15) is 0 Å². The summed E-state index contributed by atoms with van der Waals surface area (Å²) in [5.74, 6) is 2.35. The maximum absolute atomic E-state index is 6.32. The number of nitrogens with zero attached hydrogens (tertiary/aromatic N) is 3. The number of benzene rings is 1. The van der Waals surface area contributed by atoms with Gasteiger partial charge in [-0.15, -0.1) is 11.3 Å². The molecule has 0 saturated carbocycles. The van der Waals surface area contributed by atoms with Crippen LogP contribution in [-0.2, 0) is 25.9 Å². The van der Waals surface area contributed by atoms with Crippen LogP contribution in [0.1, 0.15) is 41.6 Å². The summed E-state index contributed by atoms with van der Waals surface area (Å²) >= 11 is 1.80. The summed E-state index contributed by atoms with van der Waals surface area (Å²) in [7, 11) is 2.08. The average molecular weight is 383 g/mol. The molecule has 0 fully saturated rings. The van der Waals surface area contributed by atoms with E-state index < -0.39 is 0 Å². The SMILES string of the molecule is CCOc1ccc(CN(C)Cc2nc(N)c3c4c(sc3n2)CCCC4)cc1. The number of hydrogen-bond acceptors (Lipinski definition) is 6. The van der Waals surface area contributed by atoms with Crippen LogP contribution in [0, 0.1) is 0 Å². The second kappa shape index (κ2) is 7.82. The summed E-state index contributed by atoms with van der Waals surface area (Å²) in [6, 6.07) is 8.24. The number of aryl methyl sites for hydroxylation is 2. The standard InChI is InChI=1S/C21H26N4OS/c1-3-26-15-10-8-14(9-11-15)12-25(2)13-18-23-20(22)19-16-6-4-5-7-17(16)27-21(19)24-18/h8-11H,3-7,12-13H2,1-2H3,(H2,22,23,24). The van der Waals surface area contributed by atoms with Crippen LogP contribution in [0.3, 0.4) is 0 Å². The number of nitrogen functional groups attached to an aromatic ring is 1. The molecule has 4 rings (SSSR count). The number of hydrogen-bond donors (Lipinski definition) is 1. The second-order valence-electron chi connectivity index (χ2n) is 7.17. The van der Waals surface area contributed by atoms with Gasteiger partial charge in [-0.25, -0.2) is 9.97 Å². The molecule has 3 aromatic rings. The monoisotopic (exact) mass is 382 g/mol. The van der Waals surface area contributed by atoms with Crippen molar-refractivity contribution in [2.45, 2.75) is 45.7 Å². The number of aromatic nitrogens is 2. The first-order valence-electron chi connectivity index (χ1n) is 9.61. The molecule has 0 spiro atoms. The molecular formula is C21H26N4OS. The van der Waals surface area contributed by atoms with Crippen LogP contribution >= 0.6 is 11.3 Å². The molecule has 0 aliphatic heterocycles. The van der Waals surface area contributed by atoms with Gasteiger partial charge in [0.2, 0.25) is 0 Å². The highest BCUT2D eigenvalue weighted by Crippen LogP contribution is 2.37. The lowest BCUT2D eigenvalue weighted by atomic mass is 9.97. The van der Waals surface area contributed by atoms with Crippen molar-refractivity contribution in [1.82, 2.24) is 14.9 Å². The number of thiophene rings is 1. The minimum absolute atomic E-state index is 0.642. The van der Waals surface area contributed by atoms with Gasteiger partial charge >= 0.3 is 0 Å². The smallest absolute Gasteiger partial charge is 0.146 e. The molecule has 0 saturated heterocycles. The fourth-order valence-corrected chi connectivity index (χ4v) is 5.06. The first kappa shape index (κ1) is 18.2. The van der Waals surface area contributed by atoms with Crippen molar-refractivity contribution in [2.24, 2.45) is 0 Å². The van der Waals surface area contributed by atoms with E-state index in [9.17, 15) is 0 Å². The lowest BCUT2D eigenvalue weighted by Gasteiger charge is -2.16. The summed E-state index contributed by atoms with van der Waals surface area (Å²) in [4.78, 5) is 14.2. The number of rotatable bonds is 6. The predicted octanol–water partition coefficient (Wildman–Crippen LogP) is 4.18. The summed E-state index contributed by atoms with van der Waals surface area (Å²) in [6.45, 7) is 4.19. The maximum atomic E-state index is 6.32. The zero-order chi connectivity index (χ0) is 18.8. The van der Waals surface area contributed by atoms with Gasteiger partial charge in [0, 0.05) is 11.4 Å². The molecule has 27 heavy (non-hydrogen) atoms. The highest BCUT2D eigenvalue weighted by Gasteiger charge is 2.20. The zero-order valence-electron chi connectivity index (χ0n) is 16.0.